The second-order valence-electron chi connectivity index (χ2n) is 5.66. The first-order valence-corrected chi connectivity index (χ1v) is 7.98. The number of carbonyl (C=O) groups excluding carboxylic acids is 2. The molecule has 24 heavy (non-hydrogen) atoms. The number of halogens is 1. The van der Waals surface area contributed by atoms with Crippen LogP contribution in [0.3, 0.4) is 0 Å². The van der Waals surface area contributed by atoms with E-state index in [0.717, 1.165) is 0 Å². The molecule has 1 atom stereocenters. The molecule has 1 amide bonds. The lowest BCUT2D eigenvalue weighted by atomic mass is 10.0. The molecule has 0 aliphatic carbocycles. The van der Waals surface area contributed by atoms with Crippen LogP contribution in [0, 0.1) is 0 Å². The van der Waals surface area contributed by atoms with Gasteiger partial charge in [-0.1, -0.05) is 37.6 Å². The molecule has 1 aromatic carbocycles. The predicted octanol–water partition coefficient (Wildman–Crippen LogP) is 4.04. The van der Waals surface area contributed by atoms with Crippen molar-refractivity contribution in [3.63, 3.8) is 0 Å². The van der Waals surface area contributed by atoms with E-state index < -0.39 is 18.0 Å². The molecule has 1 N–H and O–H groups in total. The van der Waals surface area contributed by atoms with Crippen molar-refractivity contribution in [3.8, 4) is 0 Å². The quantitative estimate of drug-likeness (QED) is 0.655. The largest absolute Gasteiger partial charge is 0.449 e. The van der Waals surface area contributed by atoms with Gasteiger partial charge in [-0.15, -0.1) is 0 Å². The summed E-state index contributed by atoms with van der Waals surface area (Å²) in [5.41, 5.74) is 1.95. The number of esters is 1. The summed E-state index contributed by atoms with van der Waals surface area (Å²) in [4.78, 5) is 28.0. The molecule has 5 nitrogen and oxygen atoms in total. The number of rotatable bonds is 5. The molecule has 0 spiro atoms. The molecule has 0 saturated carbocycles. The monoisotopic (exact) mass is 346 g/mol. The number of aromatic nitrogens is 1. The van der Waals surface area contributed by atoms with Crippen molar-refractivity contribution in [1.82, 2.24) is 4.98 Å². The van der Waals surface area contributed by atoms with E-state index in [-0.39, 0.29) is 10.7 Å². The summed E-state index contributed by atoms with van der Waals surface area (Å²) in [6.45, 7) is 5.69. The van der Waals surface area contributed by atoms with Crippen molar-refractivity contribution in [2.24, 2.45) is 0 Å². The Morgan fingerprint density at radius 3 is 2.38 bits per heavy atom. The van der Waals surface area contributed by atoms with Crippen molar-refractivity contribution in [3.05, 3.63) is 58.9 Å². The molecule has 0 radical (unpaired) electrons. The normalized spacial score (nSPS) is 11.9. The van der Waals surface area contributed by atoms with Gasteiger partial charge in [-0.2, -0.15) is 0 Å². The van der Waals surface area contributed by atoms with Gasteiger partial charge in [0.1, 0.15) is 5.15 Å². The van der Waals surface area contributed by atoms with Crippen LogP contribution in [0.15, 0.2) is 42.6 Å². The van der Waals surface area contributed by atoms with E-state index in [2.05, 4.69) is 24.1 Å². The topological polar surface area (TPSA) is 68.3 Å². The van der Waals surface area contributed by atoms with Gasteiger partial charge in [-0.25, -0.2) is 9.78 Å². The molecule has 0 aliphatic rings. The van der Waals surface area contributed by atoms with Gasteiger partial charge in [0.05, 0.1) is 5.56 Å². The fourth-order valence-electron chi connectivity index (χ4n) is 2.01. The van der Waals surface area contributed by atoms with E-state index in [0.29, 0.717) is 11.6 Å². The summed E-state index contributed by atoms with van der Waals surface area (Å²) in [6, 6.07) is 10.6. The summed E-state index contributed by atoms with van der Waals surface area (Å²) in [5, 5.41) is 2.76. The highest BCUT2D eigenvalue weighted by atomic mass is 35.5. The molecular weight excluding hydrogens is 328 g/mol. The zero-order chi connectivity index (χ0) is 17.7. The Labute approximate surface area is 146 Å². The van der Waals surface area contributed by atoms with E-state index in [1.807, 2.05) is 24.3 Å². The van der Waals surface area contributed by atoms with Crippen LogP contribution in [0.25, 0.3) is 0 Å². The first kappa shape index (κ1) is 17.9. The Morgan fingerprint density at radius 1 is 1.12 bits per heavy atom. The standard InChI is InChI=1S/C18H19ClN2O3/c1-11(2)13-6-8-14(9-7-13)21-17(22)12(3)24-18(23)15-5-4-10-20-16(15)19/h4-12H,1-3H3,(H,21,22)/t12-/m1/s1. The number of nitrogens with one attached hydrogen (secondary N) is 1. The van der Waals surface area contributed by atoms with Crippen LogP contribution in [0.4, 0.5) is 5.69 Å². The maximum absolute atomic E-state index is 12.1. The van der Waals surface area contributed by atoms with Crippen molar-refractivity contribution in [1.29, 1.82) is 0 Å². The maximum atomic E-state index is 12.1. The number of nitrogens with zero attached hydrogens (tertiary/aromatic N) is 1. The SMILES string of the molecule is CC(C)c1ccc(NC(=O)[C@@H](C)OC(=O)c2cccnc2Cl)cc1. The number of carbonyl (C=O) groups is 2. The first-order valence-electron chi connectivity index (χ1n) is 7.60. The molecule has 0 saturated heterocycles. The van der Waals surface area contributed by atoms with Gasteiger partial charge >= 0.3 is 5.97 Å². The number of hydrogen-bond acceptors (Lipinski definition) is 4. The average molecular weight is 347 g/mol. The van der Waals surface area contributed by atoms with Crippen LogP contribution < -0.4 is 5.32 Å². The van der Waals surface area contributed by atoms with Crippen LogP contribution in [-0.4, -0.2) is 23.0 Å². The highest BCUT2D eigenvalue weighted by Gasteiger charge is 2.21. The van der Waals surface area contributed by atoms with Crippen LogP contribution in [0.1, 0.15) is 42.6 Å². The van der Waals surface area contributed by atoms with Crippen molar-refractivity contribution < 1.29 is 14.3 Å². The lowest BCUT2D eigenvalue weighted by Crippen LogP contribution is -2.30. The van der Waals surface area contributed by atoms with Crippen molar-refractivity contribution in [2.45, 2.75) is 32.8 Å². The summed E-state index contributed by atoms with van der Waals surface area (Å²) in [5.74, 6) is -0.689. The van der Waals surface area contributed by atoms with E-state index in [1.54, 1.807) is 6.07 Å². The van der Waals surface area contributed by atoms with Gasteiger partial charge in [0, 0.05) is 11.9 Å². The van der Waals surface area contributed by atoms with E-state index in [1.165, 1.54) is 24.8 Å². The minimum atomic E-state index is -0.960. The number of benzene rings is 1. The van der Waals surface area contributed by atoms with Gasteiger partial charge in [0.25, 0.3) is 5.91 Å². The molecule has 0 unspecified atom stereocenters. The molecule has 1 heterocycles. The lowest BCUT2D eigenvalue weighted by molar-refractivity contribution is -0.123. The molecule has 6 heteroatoms. The van der Waals surface area contributed by atoms with Crippen LogP contribution in [0.2, 0.25) is 5.15 Å². The fourth-order valence-corrected chi connectivity index (χ4v) is 2.21. The van der Waals surface area contributed by atoms with Gasteiger partial charge in [-0.05, 0) is 42.7 Å². The van der Waals surface area contributed by atoms with Crippen molar-refractivity contribution >= 4 is 29.2 Å². The van der Waals surface area contributed by atoms with Crippen molar-refractivity contribution in [2.75, 3.05) is 5.32 Å². The third-order valence-electron chi connectivity index (χ3n) is 3.48. The second-order valence-corrected chi connectivity index (χ2v) is 6.01. The van der Waals surface area contributed by atoms with Gasteiger partial charge < -0.3 is 10.1 Å². The lowest BCUT2D eigenvalue weighted by Gasteiger charge is -2.14. The summed E-state index contributed by atoms with van der Waals surface area (Å²) >= 11 is 5.84. The summed E-state index contributed by atoms with van der Waals surface area (Å²) in [7, 11) is 0. The van der Waals surface area contributed by atoms with E-state index >= 15 is 0 Å². The van der Waals surface area contributed by atoms with Gasteiger partial charge in [0.15, 0.2) is 6.10 Å². The Hall–Kier alpha value is -2.40. The van der Waals surface area contributed by atoms with Crippen LogP contribution in [-0.2, 0) is 9.53 Å². The highest BCUT2D eigenvalue weighted by molar-refractivity contribution is 6.32. The minimum Gasteiger partial charge on any atom is -0.449 e. The summed E-state index contributed by atoms with van der Waals surface area (Å²) < 4.78 is 5.14. The minimum absolute atomic E-state index is 0.0411. The highest BCUT2D eigenvalue weighted by Crippen LogP contribution is 2.18. The number of pyridine rings is 1. The first-order chi connectivity index (χ1) is 11.4. The molecular formula is C18H19ClN2O3. The molecule has 0 fully saturated rings. The molecule has 2 rings (SSSR count). The zero-order valence-corrected chi connectivity index (χ0v) is 14.5. The Bertz CT molecular complexity index is 729. The fraction of sp³-hybridized carbons (Fsp3) is 0.278. The maximum Gasteiger partial charge on any atom is 0.342 e. The molecule has 1 aromatic heterocycles. The molecule has 126 valence electrons. The summed E-state index contributed by atoms with van der Waals surface area (Å²) in [6.07, 6.45) is 0.509. The zero-order valence-electron chi connectivity index (χ0n) is 13.7. The second kappa shape index (κ2) is 7.93. The predicted molar refractivity (Wildman–Crippen MR) is 93.3 cm³/mol. The van der Waals surface area contributed by atoms with Crippen LogP contribution in [0.5, 0.6) is 0 Å². The molecule has 0 bridgehead atoms. The van der Waals surface area contributed by atoms with Gasteiger partial charge in [0.2, 0.25) is 0 Å². The molecule has 0 aliphatic heterocycles. The third-order valence-corrected chi connectivity index (χ3v) is 3.78. The van der Waals surface area contributed by atoms with Crippen LogP contribution >= 0.6 is 11.6 Å². The molecule has 2 aromatic rings. The number of anilines is 1. The van der Waals surface area contributed by atoms with E-state index in [9.17, 15) is 9.59 Å². The van der Waals surface area contributed by atoms with E-state index in [4.69, 9.17) is 16.3 Å². The number of hydrogen-bond donors (Lipinski definition) is 1. The van der Waals surface area contributed by atoms with Gasteiger partial charge in [-0.3, -0.25) is 4.79 Å². The smallest absolute Gasteiger partial charge is 0.342 e. The number of ether oxygens (including phenoxy) is 1. The Morgan fingerprint density at radius 2 is 1.79 bits per heavy atom. The third kappa shape index (κ3) is 4.55. The Kier molecular flexibility index (Phi) is 5.93. The number of amides is 1. The Balaban J connectivity index is 1.97. The average Bonchev–Trinajstić information content (AvgIpc) is 2.55.